The van der Waals surface area contributed by atoms with Gasteiger partial charge in [-0.25, -0.2) is 4.79 Å². The van der Waals surface area contributed by atoms with E-state index in [0.29, 0.717) is 17.4 Å². The highest BCUT2D eigenvalue weighted by Gasteiger charge is 2.23. The lowest BCUT2D eigenvalue weighted by atomic mass is 9.95. The van der Waals surface area contributed by atoms with Crippen LogP contribution in [-0.2, 0) is 6.42 Å². The molecule has 0 saturated carbocycles. The van der Waals surface area contributed by atoms with Crippen LogP contribution in [0.15, 0.2) is 63.8 Å². The zero-order chi connectivity index (χ0) is 16.4. The number of hydrogen-bond acceptors (Lipinski definition) is 5. The topological polar surface area (TPSA) is 99.3 Å². The van der Waals surface area contributed by atoms with Crippen molar-refractivity contribution in [1.29, 1.82) is 0 Å². The second-order valence-corrected chi connectivity index (χ2v) is 5.33. The molecule has 5 nitrogen and oxygen atoms in total. The molecule has 0 aliphatic heterocycles. The maximum atomic E-state index is 12.8. The Balaban J connectivity index is 2.04. The van der Waals surface area contributed by atoms with Crippen molar-refractivity contribution in [2.24, 2.45) is 5.73 Å². The second-order valence-electron chi connectivity index (χ2n) is 5.33. The van der Waals surface area contributed by atoms with Crippen LogP contribution in [0.2, 0.25) is 0 Å². The van der Waals surface area contributed by atoms with Gasteiger partial charge in [0.1, 0.15) is 11.3 Å². The average molecular weight is 308 g/mol. The van der Waals surface area contributed by atoms with Crippen LogP contribution in [0.25, 0.3) is 11.0 Å². The monoisotopic (exact) mass is 308 g/mol. The van der Waals surface area contributed by atoms with Crippen molar-refractivity contribution < 1.29 is 9.21 Å². The summed E-state index contributed by atoms with van der Waals surface area (Å²) in [7, 11) is 0. The SMILES string of the molecule is Nc1c(C(=O)C(N)Cc2ccccc2)c2ccccc2oc1=O. The number of para-hydroxylation sites is 1. The number of carbonyl (C=O) groups excluding carboxylic acids is 1. The number of Topliss-reactive ketones (excluding diaryl/α,β-unsaturated/α-hetero) is 1. The molecule has 23 heavy (non-hydrogen) atoms. The van der Waals surface area contributed by atoms with Crippen molar-refractivity contribution in [2.45, 2.75) is 12.5 Å². The zero-order valence-corrected chi connectivity index (χ0v) is 12.4. The molecule has 0 aliphatic rings. The first-order chi connectivity index (χ1) is 11.1. The third-order valence-electron chi connectivity index (χ3n) is 3.73. The minimum atomic E-state index is -0.787. The van der Waals surface area contributed by atoms with Crippen molar-refractivity contribution in [3.05, 3.63) is 76.1 Å². The third-order valence-corrected chi connectivity index (χ3v) is 3.73. The Morgan fingerprint density at radius 2 is 1.70 bits per heavy atom. The molecule has 0 spiro atoms. The number of nitrogen functional groups attached to an aromatic ring is 1. The van der Waals surface area contributed by atoms with Gasteiger partial charge in [-0.15, -0.1) is 0 Å². The Kier molecular flexibility index (Phi) is 3.95. The van der Waals surface area contributed by atoms with E-state index in [0.717, 1.165) is 5.56 Å². The van der Waals surface area contributed by atoms with Crippen molar-refractivity contribution in [3.63, 3.8) is 0 Å². The lowest BCUT2D eigenvalue weighted by molar-refractivity contribution is 0.0963. The van der Waals surface area contributed by atoms with Gasteiger partial charge in [0.2, 0.25) is 0 Å². The number of carbonyl (C=O) groups is 1. The van der Waals surface area contributed by atoms with Gasteiger partial charge >= 0.3 is 5.63 Å². The highest BCUT2D eigenvalue weighted by molar-refractivity contribution is 6.13. The number of nitrogens with two attached hydrogens (primary N) is 2. The lowest BCUT2D eigenvalue weighted by Crippen LogP contribution is -2.34. The molecule has 1 atom stereocenters. The molecule has 0 saturated heterocycles. The molecule has 0 amide bonds. The predicted octanol–water partition coefficient (Wildman–Crippen LogP) is 2.13. The van der Waals surface area contributed by atoms with E-state index in [1.807, 2.05) is 30.3 Å². The van der Waals surface area contributed by atoms with Crippen LogP contribution in [0.1, 0.15) is 15.9 Å². The summed E-state index contributed by atoms with van der Waals surface area (Å²) in [5.74, 6) is -0.365. The number of fused-ring (bicyclic) bond motifs is 1. The van der Waals surface area contributed by atoms with Crippen LogP contribution in [0.5, 0.6) is 0 Å². The van der Waals surface area contributed by atoms with Crippen LogP contribution in [0.3, 0.4) is 0 Å². The van der Waals surface area contributed by atoms with E-state index in [2.05, 4.69) is 0 Å². The quantitative estimate of drug-likeness (QED) is 0.568. The molecular weight excluding hydrogens is 292 g/mol. The number of ketones is 1. The Morgan fingerprint density at radius 1 is 1.04 bits per heavy atom. The van der Waals surface area contributed by atoms with Gasteiger partial charge in [0.15, 0.2) is 5.78 Å². The van der Waals surface area contributed by atoms with Crippen LogP contribution < -0.4 is 17.1 Å². The maximum absolute atomic E-state index is 12.8. The first-order valence-electron chi connectivity index (χ1n) is 7.23. The van der Waals surface area contributed by atoms with Crippen LogP contribution in [0, 0.1) is 0 Å². The van der Waals surface area contributed by atoms with Crippen LogP contribution in [0.4, 0.5) is 5.69 Å². The smallest absolute Gasteiger partial charge is 0.360 e. The van der Waals surface area contributed by atoms with E-state index >= 15 is 0 Å². The Morgan fingerprint density at radius 3 is 2.43 bits per heavy atom. The van der Waals surface area contributed by atoms with E-state index in [-0.39, 0.29) is 17.0 Å². The summed E-state index contributed by atoms with van der Waals surface area (Å²) < 4.78 is 5.11. The van der Waals surface area contributed by atoms with Gasteiger partial charge in [0.25, 0.3) is 0 Å². The highest BCUT2D eigenvalue weighted by Crippen LogP contribution is 2.23. The number of rotatable bonds is 4. The van der Waals surface area contributed by atoms with Gasteiger partial charge in [-0.3, -0.25) is 4.79 Å². The molecule has 116 valence electrons. The molecule has 1 aromatic heterocycles. The first kappa shape index (κ1) is 15.0. The van der Waals surface area contributed by atoms with Gasteiger partial charge in [-0.05, 0) is 18.1 Å². The van der Waals surface area contributed by atoms with Gasteiger partial charge < -0.3 is 15.9 Å². The molecule has 1 heterocycles. The van der Waals surface area contributed by atoms with Gasteiger partial charge in [0, 0.05) is 5.39 Å². The lowest BCUT2D eigenvalue weighted by Gasteiger charge is -2.13. The summed E-state index contributed by atoms with van der Waals surface area (Å²) >= 11 is 0. The van der Waals surface area contributed by atoms with E-state index < -0.39 is 11.7 Å². The molecule has 0 aliphatic carbocycles. The van der Waals surface area contributed by atoms with Gasteiger partial charge in [0.05, 0.1) is 11.6 Å². The first-order valence-corrected chi connectivity index (χ1v) is 7.23. The zero-order valence-electron chi connectivity index (χ0n) is 12.4. The number of hydrogen-bond donors (Lipinski definition) is 2. The number of anilines is 1. The summed E-state index contributed by atoms with van der Waals surface area (Å²) in [6, 6.07) is 15.5. The molecule has 0 fully saturated rings. The fourth-order valence-corrected chi connectivity index (χ4v) is 2.58. The summed E-state index contributed by atoms with van der Waals surface area (Å²) in [4.78, 5) is 24.6. The molecule has 2 aromatic carbocycles. The van der Waals surface area contributed by atoms with E-state index in [1.54, 1.807) is 24.3 Å². The Labute approximate surface area is 132 Å². The third kappa shape index (κ3) is 2.86. The van der Waals surface area contributed by atoms with Gasteiger partial charge in [-0.2, -0.15) is 0 Å². The molecule has 4 N–H and O–H groups in total. The van der Waals surface area contributed by atoms with Crippen molar-refractivity contribution in [3.8, 4) is 0 Å². The minimum absolute atomic E-state index is 0.139. The molecule has 5 heteroatoms. The molecular formula is C18H16N2O3. The van der Waals surface area contributed by atoms with Crippen LogP contribution in [-0.4, -0.2) is 11.8 Å². The summed E-state index contributed by atoms with van der Waals surface area (Å²) in [6.45, 7) is 0. The summed E-state index contributed by atoms with van der Waals surface area (Å²) in [5.41, 5.74) is 12.3. The molecule has 0 radical (unpaired) electrons. The van der Waals surface area contributed by atoms with E-state index in [1.165, 1.54) is 0 Å². The minimum Gasteiger partial charge on any atom is -0.421 e. The van der Waals surface area contributed by atoms with Crippen molar-refractivity contribution in [2.75, 3.05) is 5.73 Å². The fraction of sp³-hybridized carbons (Fsp3) is 0.111. The van der Waals surface area contributed by atoms with Gasteiger partial charge in [-0.1, -0.05) is 48.5 Å². The Hall–Kier alpha value is -2.92. The van der Waals surface area contributed by atoms with E-state index in [4.69, 9.17) is 15.9 Å². The number of benzene rings is 2. The van der Waals surface area contributed by atoms with E-state index in [9.17, 15) is 9.59 Å². The molecule has 3 aromatic rings. The summed E-state index contributed by atoms with van der Waals surface area (Å²) in [6.07, 6.45) is 0.369. The second kappa shape index (κ2) is 6.06. The predicted molar refractivity (Wildman–Crippen MR) is 89.3 cm³/mol. The summed E-state index contributed by atoms with van der Waals surface area (Å²) in [5, 5.41) is 0.498. The van der Waals surface area contributed by atoms with Crippen LogP contribution >= 0.6 is 0 Å². The molecule has 3 rings (SSSR count). The molecule has 0 bridgehead atoms. The molecule has 1 unspecified atom stereocenters. The van der Waals surface area contributed by atoms with Crippen molar-refractivity contribution in [1.82, 2.24) is 0 Å². The fourth-order valence-electron chi connectivity index (χ4n) is 2.58. The average Bonchev–Trinajstić information content (AvgIpc) is 2.56. The van der Waals surface area contributed by atoms with Crippen molar-refractivity contribution >= 4 is 22.4 Å². The largest absolute Gasteiger partial charge is 0.421 e. The Bertz CT molecular complexity index is 916. The maximum Gasteiger partial charge on any atom is 0.360 e. The standard InChI is InChI=1S/C18H16N2O3/c19-13(10-11-6-2-1-3-7-11)17(21)15-12-8-4-5-9-14(12)23-18(22)16(15)20/h1-9,13H,10,19-20H2. The normalized spacial score (nSPS) is 12.2. The highest BCUT2D eigenvalue weighted by atomic mass is 16.4.